The van der Waals surface area contributed by atoms with Crippen LogP contribution < -0.4 is 10.6 Å². The van der Waals surface area contributed by atoms with Gasteiger partial charge in [-0.25, -0.2) is 9.18 Å². The average molecular weight is 236 g/mol. The molecule has 4 heteroatoms. The Bertz CT molecular complexity index is 374. The molecular weight excluding hydrogens is 219 g/mol. The number of carbonyl (C=O) groups excluding carboxylic acids is 1. The molecule has 1 aromatic rings. The lowest BCUT2D eigenvalue weighted by Crippen LogP contribution is -2.33. The van der Waals surface area contributed by atoms with E-state index < -0.39 is 0 Å². The van der Waals surface area contributed by atoms with Gasteiger partial charge >= 0.3 is 6.03 Å². The number of carbonyl (C=O) groups is 1. The Hall–Kier alpha value is -1.84. The van der Waals surface area contributed by atoms with Crippen molar-refractivity contribution in [3.05, 3.63) is 47.9 Å². The van der Waals surface area contributed by atoms with E-state index in [1.54, 1.807) is 18.3 Å². The van der Waals surface area contributed by atoms with E-state index in [9.17, 15) is 9.18 Å². The van der Waals surface area contributed by atoms with Gasteiger partial charge < -0.3 is 10.6 Å². The Morgan fingerprint density at radius 3 is 2.71 bits per heavy atom. The second-order valence-electron chi connectivity index (χ2n) is 3.59. The lowest BCUT2D eigenvalue weighted by atomic mass is 10.1. The quantitative estimate of drug-likeness (QED) is 0.810. The van der Waals surface area contributed by atoms with Gasteiger partial charge in [0, 0.05) is 12.7 Å². The number of amides is 2. The van der Waals surface area contributed by atoms with Crippen molar-refractivity contribution in [3.63, 3.8) is 0 Å². The molecule has 0 bridgehead atoms. The molecule has 0 heterocycles. The molecule has 0 saturated heterocycles. The molecule has 0 fully saturated rings. The first kappa shape index (κ1) is 13.2. The van der Waals surface area contributed by atoms with Gasteiger partial charge in [0.1, 0.15) is 5.82 Å². The van der Waals surface area contributed by atoms with Gasteiger partial charge in [0.25, 0.3) is 0 Å². The van der Waals surface area contributed by atoms with Crippen molar-refractivity contribution in [1.29, 1.82) is 0 Å². The Labute approximate surface area is 101 Å². The second kappa shape index (κ2) is 7.44. The van der Waals surface area contributed by atoms with Crippen LogP contribution >= 0.6 is 0 Å². The highest BCUT2D eigenvalue weighted by molar-refractivity contribution is 5.74. The normalized spacial score (nSPS) is 10.5. The molecule has 3 nitrogen and oxygen atoms in total. The summed E-state index contributed by atoms with van der Waals surface area (Å²) in [6.07, 6.45) is 5.05. The smallest absolute Gasteiger partial charge is 0.318 e. The Morgan fingerprint density at radius 2 is 2.06 bits per heavy atom. The number of urea groups is 1. The molecule has 0 aliphatic heterocycles. The van der Waals surface area contributed by atoms with Crippen LogP contribution in [0.5, 0.6) is 0 Å². The van der Waals surface area contributed by atoms with Crippen LogP contribution in [0.15, 0.2) is 36.5 Å². The van der Waals surface area contributed by atoms with Crippen LogP contribution in [-0.4, -0.2) is 12.6 Å². The zero-order valence-corrected chi connectivity index (χ0v) is 9.87. The highest BCUT2D eigenvalue weighted by Gasteiger charge is 1.97. The number of rotatable bonds is 5. The molecule has 0 aromatic heterocycles. The average Bonchev–Trinajstić information content (AvgIpc) is 2.32. The lowest BCUT2D eigenvalue weighted by molar-refractivity contribution is 0.244. The summed E-state index contributed by atoms with van der Waals surface area (Å²) in [6.45, 7) is 2.52. The van der Waals surface area contributed by atoms with Crippen LogP contribution in [0.25, 0.3) is 0 Å². The summed E-state index contributed by atoms with van der Waals surface area (Å²) in [5.74, 6) is -0.246. The molecule has 0 aliphatic rings. The number of halogens is 1. The number of benzene rings is 1. The van der Waals surface area contributed by atoms with Crippen molar-refractivity contribution in [2.45, 2.75) is 19.8 Å². The molecule has 0 unspecified atom stereocenters. The third kappa shape index (κ3) is 5.70. The first-order chi connectivity index (χ1) is 8.22. The molecule has 0 radical (unpaired) electrons. The molecule has 0 atom stereocenters. The highest BCUT2D eigenvalue weighted by Crippen LogP contribution is 2.02. The van der Waals surface area contributed by atoms with Crippen molar-refractivity contribution < 1.29 is 9.18 Å². The standard InChI is InChI=1S/C13H17FN2O/c1-2-3-9-15-13(17)16-10-8-11-4-6-12(14)7-5-11/h3-7,9H,2,8,10H2,1H3,(H2,15,16,17)/b9-3+. The van der Waals surface area contributed by atoms with Crippen LogP contribution in [-0.2, 0) is 6.42 Å². The zero-order chi connectivity index (χ0) is 12.5. The summed E-state index contributed by atoms with van der Waals surface area (Å²) in [5.41, 5.74) is 0.996. The fourth-order valence-electron chi connectivity index (χ4n) is 1.27. The van der Waals surface area contributed by atoms with Crippen molar-refractivity contribution in [2.75, 3.05) is 6.54 Å². The van der Waals surface area contributed by atoms with E-state index in [0.29, 0.717) is 13.0 Å². The minimum Gasteiger partial charge on any atom is -0.338 e. The zero-order valence-electron chi connectivity index (χ0n) is 9.87. The maximum absolute atomic E-state index is 12.6. The number of nitrogens with one attached hydrogen (secondary N) is 2. The van der Waals surface area contributed by atoms with E-state index in [-0.39, 0.29) is 11.8 Å². The molecule has 0 spiro atoms. The Kier molecular flexibility index (Phi) is 5.79. The first-order valence-corrected chi connectivity index (χ1v) is 5.66. The number of hydrogen-bond acceptors (Lipinski definition) is 1. The summed E-state index contributed by atoms with van der Waals surface area (Å²) in [6, 6.07) is 6.04. The predicted octanol–water partition coefficient (Wildman–Crippen LogP) is 2.59. The van der Waals surface area contributed by atoms with Gasteiger partial charge in [-0.3, -0.25) is 0 Å². The Balaban J connectivity index is 2.21. The van der Waals surface area contributed by atoms with Gasteiger partial charge in [0.2, 0.25) is 0 Å². The molecule has 2 amide bonds. The topological polar surface area (TPSA) is 41.1 Å². The van der Waals surface area contributed by atoms with Gasteiger partial charge in [-0.15, -0.1) is 0 Å². The molecule has 92 valence electrons. The van der Waals surface area contributed by atoms with Crippen molar-refractivity contribution in [1.82, 2.24) is 10.6 Å². The number of allylic oxidation sites excluding steroid dienone is 1. The SMILES string of the molecule is CC/C=C/NC(=O)NCCc1ccc(F)cc1. The molecular formula is C13H17FN2O. The maximum Gasteiger partial charge on any atom is 0.318 e. The minimum atomic E-state index is -0.246. The van der Waals surface area contributed by atoms with Crippen LogP contribution in [0, 0.1) is 5.82 Å². The molecule has 2 N–H and O–H groups in total. The molecule has 0 saturated carbocycles. The van der Waals surface area contributed by atoms with Crippen LogP contribution in [0.3, 0.4) is 0 Å². The van der Waals surface area contributed by atoms with Gasteiger partial charge in [-0.05, 0) is 30.5 Å². The van der Waals surface area contributed by atoms with Gasteiger partial charge in [-0.2, -0.15) is 0 Å². The van der Waals surface area contributed by atoms with E-state index in [0.717, 1.165) is 12.0 Å². The van der Waals surface area contributed by atoms with Crippen molar-refractivity contribution >= 4 is 6.03 Å². The summed E-state index contributed by atoms with van der Waals surface area (Å²) < 4.78 is 12.6. The first-order valence-electron chi connectivity index (χ1n) is 5.66. The predicted molar refractivity (Wildman–Crippen MR) is 66.1 cm³/mol. The van der Waals surface area contributed by atoms with E-state index >= 15 is 0 Å². The second-order valence-corrected chi connectivity index (χ2v) is 3.59. The maximum atomic E-state index is 12.6. The largest absolute Gasteiger partial charge is 0.338 e. The molecule has 17 heavy (non-hydrogen) atoms. The van der Waals surface area contributed by atoms with E-state index in [1.165, 1.54) is 12.1 Å². The molecule has 1 rings (SSSR count). The third-order valence-electron chi connectivity index (χ3n) is 2.18. The highest BCUT2D eigenvalue weighted by atomic mass is 19.1. The fraction of sp³-hybridized carbons (Fsp3) is 0.308. The van der Waals surface area contributed by atoms with Gasteiger partial charge in [0.15, 0.2) is 0 Å². The van der Waals surface area contributed by atoms with Crippen LogP contribution in [0.1, 0.15) is 18.9 Å². The van der Waals surface area contributed by atoms with Gasteiger partial charge in [0.05, 0.1) is 0 Å². The summed E-state index contributed by atoms with van der Waals surface area (Å²) in [4.78, 5) is 11.2. The minimum absolute atomic E-state index is 0.225. The summed E-state index contributed by atoms with van der Waals surface area (Å²) in [7, 11) is 0. The van der Waals surface area contributed by atoms with E-state index in [2.05, 4.69) is 10.6 Å². The van der Waals surface area contributed by atoms with E-state index in [1.807, 2.05) is 13.0 Å². The van der Waals surface area contributed by atoms with Crippen LogP contribution in [0.4, 0.5) is 9.18 Å². The number of hydrogen-bond donors (Lipinski definition) is 2. The van der Waals surface area contributed by atoms with Crippen molar-refractivity contribution in [3.8, 4) is 0 Å². The summed E-state index contributed by atoms with van der Waals surface area (Å²) >= 11 is 0. The molecule has 0 aliphatic carbocycles. The summed E-state index contributed by atoms with van der Waals surface area (Å²) in [5, 5.41) is 5.30. The van der Waals surface area contributed by atoms with E-state index in [4.69, 9.17) is 0 Å². The fourth-order valence-corrected chi connectivity index (χ4v) is 1.27. The van der Waals surface area contributed by atoms with Crippen molar-refractivity contribution in [2.24, 2.45) is 0 Å². The van der Waals surface area contributed by atoms with Gasteiger partial charge in [-0.1, -0.05) is 25.1 Å². The Morgan fingerprint density at radius 1 is 1.35 bits per heavy atom. The monoisotopic (exact) mass is 236 g/mol. The third-order valence-corrected chi connectivity index (χ3v) is 2.18. The molecule has 1 aromatic carbocycles. The lowest BCUT2D eigenvalue weighted by Gasteiger charge is -2.04. The van der Waals surface area contributed by atoms with Crippen LogP contribution in [0.2, 0.25) is 0 Å².